The molecule has 6 heteroatoms. The number of rotatable bonds is 3. The number of carbonyl (C=O) groups excluding carboxylic acids is 2. The smallest absolute Gasteiger partial charge is 0.249 e. The molecule has 1 fully saturated rings. The van der Waals surface area contributed by atoms with Crippen molar-refractivity contribution in [2.45, 2.75) is 12.8 Å². The standard InChI is InChI=1S/C12H14FN3O2/c1-16(9-5-3-2-4-8(9)13)11(18)12(6-7-12)10(17)15-14/h2-5H,6-7,14H2,1H3,(H,15,17). The van der Waals surface area contributed by atoms with Crippen molar-refractivity contribution < 1.29 is 14.0 Å². The lowest BCUT2D eigenvalue weighted by molar-refractivity contribution is -0.135. The number of nitrogens with two attached hydrogens (primary N) is 1. The molecule has 2 rings (SSSR count). The van der Waals surface area contributed by atoms with Crippen molar-refractivity contribution in [3.05, 3.63) is 30.1 Å². The van der Waals surface area contributed by atoms with Crippen LogP contribution in [0.15, 0.2) is 24.3 Å². The van der Waals surface area contributed by atoms with E-state index in [0.29, 0.717) is 12.8 Å². The van der Waals surface area contributed by atoms with Gasteiger partial charge in [0.15, 0.2) is 0 Å². The molecular formula is C12H14FN3O2. The average molecular weight is 251 g/mol. The molecule has 3 N–H and O–H groups in total. The van der Waals surface area contributed by atoms with Gasteiger partial charge in [0.1, 0.15) is 11.2 Å². The van der Waals surface area contributed by atoms with E-state index in [1.165, 1.54) is 25.2 Å². The third-order valence-electron chi connectivity index (χ3n) is 3.24. The summed E-state index contributed by atoms with van der Waals surface area (Å²) >= 11 is 0. The van der Waals surface area contributed by atoms with Gasteiger partial charge in [-0.25, -0.2) is 10.2 Å². The third-order valence-corrected chi connectivity index (χ3v) is 3.24. The van der Waals surface area contributed by atoms with E-state index in [2.05, 4.69) is 0 Å². The lowest BCUT2D eigenvalue weighted by Crippen LogP contribution is -2.46. The zero-order chi connectivity index (χ0) is 13.3. The molecule has 0 radical (unpaired) electrons. The second-order valence-corrected chi connectivity index (χ2v) is 4.37. The number of halogens is 1. The monoisotopic (exact) mass is 251 g/mol. The highest BCUT2D eigenvalue weighted by molar-refractivity contribution is 6.13. The van der Waals surface area contributed by atoms with Crippen LogP contribution in [0.4, 0.5) is 10.1 Å². The topological polar surface area (TPSA) is 75.4 Å². The SMILES string of the molecule is CN(C(=O)C1(C(=O)NN)CC1)c1ccccc1F. The fourth-order valence-corrected chi connectivity index (χ4v) is 1.96. The van der Waals surface area contributed by atoms with E-state index < -0.39 is 23.0 Å². The van der Waals surface area contributed by atoms with Gasteiger partial charge in [0.05, 0.1) is 5.69 Å². The minimum Gasteiger partial charge on any atom is -0.312 e. The molecule has 0 spiro atoms. The molecule has 0 aromatic heterocycles. The first-order chi connectivity index (χ1) is 8.53. The Balaban J connectivity index is 2.25. The zero-order valence-electron chi connectivity index (χ0n) is 9.94. The van der Waals surface area contributed by atoms with E-state index in [4.69, 9.17) is 5.84 Å². The van der Waals surface area contributed by atoms with Crippen molar-refractivity contribution in [2.24, 2.45) is 11.3 Å². The Kier molecular flexibility index (Phi) is 3.04. The first-order valence-corrected chi connectivity index (χ1v) is 5.56. The third kappa shape index (κ3) is 1.84. The summed E-state index contributed by atoms with van der Waals surface area (Å²) in [5, 5.41) is 0. The van der Waals surface area contributed by atoms with Crippen molar-refractivity contribution in [3.8, 4) is 0 Å². The minimum absolute atomic E-state index is 0.151. The Bertz CT molecular complexity index is 500. The molecule has 18 heavy (non-hydrogen) atoms. The number of hydrazine groups is 1. The normalized spacial score (nSPS) is 15.9. The van der Waals surface area contributed by atoms with Crippen molar-refractivity contribution in [2.75, 3.05) is 11.9 Å². The number of carbonyl (C=O) groups is 2. The molecule has 1 aromatic rings. The van der Waals surface area contributed by atoms with Gasteiger partial charge in [0.25, 0.3) is 0 Å². The van der Waals surface area contributed by atoms with Gasteiger partial charge >= 0.3 is 0 Å². The number of nitrogens with zero attached hydrogens (tertiary/aromatic N) is 1. The molecule has 0 aliphatic heterocycles. The molecule has 0 heterocycles. The highest BCUT2D eigenvalue weighted by Gasteiger charge is 2.57. The summed E-state index contributed by atoms with van der Waals surface area (Å²) in [6, 6.07) is 5.92. The summed E-state index contributed by atoms with van der Waals surface area (Å²) < 4.78 is 13.6. The van der Waals surface area contributed by atoms with Gasteiger partial charge < -0.3 is 4.90 Å². The van der Waals surface area contributed by atoms with Gasteiger partial charge in [0.2, 0.25) is 11.8 Å². The number of hydrogen-bond donors (Lipinski definition) is 2. The van der Waals surface area contributed by atoms with Gasteiger partial charge in [-0.15, -0.1) is 0 Å². The second-order valence-electron chi connectivity index (χ2n) is 4.37. The average Bonchev–Trinajstić information content (AvgIpc) is 3.18. The molecule has 1 aliphatic carbocycles. The predicted octanol–water partition coefficient (Wildman–Crippen LogP) is 0.559. The van der Waals surface area contributed by atoms with Gasteiger partial charge in [-0.1, -0.05) is 12.1 Å². The van der Waals surface area contributed by atoms with E-state index in [9.17, 15) is 14.0 Å². The molecule has 5 nitrogen and oxygen atoms in total. The molecule has 0 unspecified atom stereocenters. The van der Waals surface area contributed by atoms with Crippen LogP contribution in [-0.4, -0.2) is 18.9 Å². The zero-order valence-corrected chi connectivity index (χ0v) is 9.94. The van der Waals surface area contributed by atoms with Crippen LogP contribution in [0.2, 0.25) is 0 Å². The first-order valence-electron chi connectivity index (χ1n) is 5.56. The van der Waals surface area contributed by atoms with Gasteiger partial charge in [0, 0.05) is 7.05 Å². The maximum Gasteiger partial charge on any atom is 0.249 e. The molecule has 0 bridgehead atoms. The van der Waals surface area contributed by atoms with E-state index in [1.807, 2.05) is 5.43 Å². The largest absolute Gasteiger partial charge is 0.312 e. The molecule has 0 atom stereocenters. The number of benzene rings is 1. The molecule has 2 amide bonds. The summed E-state index contributed by atoms with van der Waals surface area (Å²) in [5.74, 6) is 3.61. The Morgan fingerprint density at radius 3 is 2.50 bits per heavy atom. The van der Waals surface area contributed by atoms with Crippen molar-refractivity contribution in [1.29, 1.82) is 0 Å². The Hall–Kier alpha value is -1.95. The first kappa shape index (κ1) is 12.5. The number of hydrogen-bond acceptors (Lipinski definition) is 3. The summed E-state index contributed by atoms with van der Waals surface area (Å²) in [5.41, 5.74) is 1.02. The maximum atomic E-state index is 13.6. The molecular weight excluding hydrogens is 237 g/mol. The number of nitrogens with one attached hydrogen (secondary N) is 1. The van der Waals surface area contributed by atoms with Crippen molar-refractivity contribution in [3.63, 3.8) is 0 Å². The van der Waals surface area contributed by atoms with Crippen LogP contribution >= 0.6 is 0 Å². The summed E-state index contributed by atoms with van der Waals surface area (Å²) in [6.07, 6.45) is 0.876. The lowest BCUT2D eigenvalue weighted by atomic mass is 10.0. The van der Waals surface area contributed by atoms with Gasteiger partial charge in [-0.2, -0.15) is 0 Å². The van der Waals surface area contributed by atoms with Crippen LogP contribution < -0.4 is 16.2 Å². The van der Waals surface area contributed by atoms with Crippen molar-refractivity contribution in [1.82, 2.24) is 5.43 Å². The Labute approximate surface area is 104 Å². The van der Waals surface area contributed by atoms with Crippen molar-refractivity contribution >= 4 is 17.5 Å². The second kappa shape index (κ2) is 4.38. The van der Waals surface area contributed by atoms with E-state index in [1.54, 1.807) is 6.07 Å². The Morgan fingerprint density at radius 2 is 2.00 bits per heavy atom. The quantitative estimate of drug-likeness (QED) is 0.357. The van der Waals surface area contributed by atoms with Gasteiger partial charge in [-0.05, 0) is 25.0 Å². The molecule has 1 aliphatic rings. The minimum atomic E-state index is -1.12. The molecule has 0 saturated heterocycles. The summed E-state index contributed by atoms with van der Waals surface area (Å²) in [4.78, 5) is 25.0. The van der Waals surface area contributed by atoms with Crippen LogP contribution in [0, 0.1) is 11.2 Å². The van der Waals surface area contributed by atoms with Crippen LogP contribution in [0.1, 0.15) is 12.8 Å². The van der Waals surface area contributed by atoms with Crippen LogP contribution in [0.3, 0.4) is 0 Å². The number of anilines is 1. The number of amides is 2. The van der Waals surface area contributed by atoms with Crippen LogP contribution in [0.25, 0.3) is 0 Å². The van der Waals surface area contributed by atoms with Crippen LogP contribution in [0.5, 0.6) is 0 Å². The van der Waals surface area contributed by atoms with E-state index in [0.717, 1.165) is 4.90 Å². The van der Waals surface area contributed by atoms with Crippen LogP contribution in [-0.2, 0) is 9.59 Å². The maximum absolute atomic E-state index is 13.6. The highest BCUT2D eigenvalue weighted by atomic mass is 19.1. The fraction of sp³-hybridized carbons (Fsp3) is 0.333. The predicted molar refractivity (Wildman–Crippen MR) is 63.8 cm³/mol. The highest BCUT2D eigenvalue weighted by Crippen LogP contribution is 2.47. The summed E-state index contributed by atoms with van der Waals surface area (Å²) in [7, 11) is 1.45. The Morgan fingerprint density at radius 1 is 1.39 bits per heavy atom. The van der Waals surface area contributed by atoms with E-state index in [-0.39, 0.29) is 5.69 Å². The lowest BCUT2D eigenvalue weighted by Gasteiger charge is -2.22. The molecule has 1 saturated carbocycles. The van der Waals surface area contributed by atoms with Gasteiger partial charge in [-0.3, -0.25) is 15.0 Å². The summed E-state index contributed by atoms with van der Waals surface area (Å²) in [6.45, 7) is 0. The molecule has 96 valence electrons. The number of para-hydroxylation sites is 1. The van der Waals surface area contributed by atoms with E-state index >= 15 is 0 Å². The molecule has 1 aromatic carbocycles. The fourth-order valence-electron chi connectivity index (χ4n) is 1.96.